The highest BCUT2D eigenvalue weighted by atomic mass is 16.6. The van der Waals surface area contributed by atoms with Crippen LogP contribution in [0.15, 0.2) is 0 Å². The van der Waals surface area contributed by atoms with Crippen molar-refractivity contribution in [2.24, 2.45) is 0 Å². The fourth-order valence-corrected chi connectivity index (χ4v) is 2.34. The van der Waals surface area contributed by atoms with E-state index >= 15 is 0 Å². The number of hydrogen-bond acceptors (Lipinski definition) is 7. The van der Waals surface area contributed by atoms with Crippen molar-refractivity contribution >= 4 is 12.0 Å². The van der Waals surface area contributed by atoms with Gasteiger partial charge >= 0.3 is 6.09 Å². The fraction of sp³-hybridized carbons (Fsp3) is 0.867. The van der Waals surface area contributed by atoms with Gasteiger partial charge in [-0.1, -0.05) is 0 Å². The quantitative estimate of drug-likeness (QED) is 0.505. The second-order valence-electron chi connectivity index (χ2n) is 7.07. The Morgan fingerprint density at radius 3 is 2.42 bits per heavy atom. The Hall–Kier alpha value is -1.42. The molecule has 9 nitrogen and oxygen atoms in total. The number of alkyl carbamates (subject to hydrolysis) is 1. The fourth-order valence-electron chi connectivity index (χ4n) is 2.34. The van der Waals surface area contributed by atoms with Crippen molar-refractivity contribution in [3.05, 3.63) is 0 Å². The number of likely N-dealkylation sites (N-methyl/N-ethyl adjacent to an activating group) is 1. The standard InChI is InChI=1S/C15H29N3O6/c1-15(2,3)24-14(22)17-8-11(19)16-7-9-6-10(18(4)5)12(20)13(21)23-9/h9-10,12-13,20-21H,6-8H2,1-5H3,(H,16,19)(H,17,22)/t9-,10?,12?,13?/m0/s1. The number of nitrogens with zero attached hydrogens (tertiary/aromatic N) is 1. The summed E-state index contributed by atoms with van der Waals surface area (Å²) in [6, 6.07) is -0.268. The number of carbonyl (C=O) groups is 2. The minimum atomic E-state index is -1.30. The molecule has 0 aromatic heterocycles. The Bertz CT molecular complexity index is 437. The van der Waals surface area contributed by atoms with E-state index in [-0.39, 0.29) is 19.1 Å². The largest absolute Gasteiger partial charge is 0.444 e. The molecule has 140 valence electrons. The van der Waals surface area contributed by atoms with Crippen LogP contribution in [0.3, 0.4) is 0 Å². The third kappa shape index (κ3) is 7.00. The maximum Gasteiger partial charge on any atom is 0.408 e. The summed E-state index contributed by atoms with van der Waals surface area (Å²) in [4.78, 5) is 25.0. The molecule has 0 aromatic carbocycles. The third-order valence-corrected chi connectivity index (χ3v) is 3.51. The zero-order valence-corrected chi connectivity index (χ0v) is 14.9. The van der Waals surface area contributed by atoms with Crippen LogP contribution in [0.4, 0.5) is 4.79 Å². The lowest BCUT2D eigenvalue weighted by atomic mass is 9.98. The Labute approximate surface area is 142 Å². The molecule has 0 saturated carbocycles. The van der Waals surface area contributed by atoms with Gasteiger partial charge in [0.15, 0.2) is 6.29 Å². The summed E-state index contributed by atoms with van der Waals surface area (Å²) in [5.41, 5.74) is -0.630. The first-order chi connectivity index (χ1) is 11.0. The number of carbonyl (C=O) groups excluding carboxylic acids is 2. The summed E-state index contributed by atoms with van der Waals surface area (Å²) in [6.07, 6.45) is -2.93. The first-order valence-corrected chi connectivity index (χ1v) is 7.91. The first kappa shape index (κ1) is 20.6. The molecule has 1 rings (SSSR count). The van der Waals surface area contributed by atoms with Crippen molar-refractivity contribution in [2.75, 3.05) is 27.2 Å². The number of rotatable bonds is 5. The van der Waals surface area contributed by atoms with Crippen LogP contribution in [0.2, 0.25) is 0 Å². The van der Waals surface area contributed by atoms with Crippen molar-refractivity contribution in [2.45, 2.75) is 57.3 Å². The van der Waals surface area contributed by atoms with Gasteiger partial charge < -0.3 is 35.2 Å². The van der Waals surface area contributed by atoms with Gasteiger partial charge in [0.25, 0.3) is 0 Å². The van der Waals surface area contributed by atoms with Crippen LogP contribution < -0.4 is 10.6 Å². The molecule has 3 unspecified atom stereocenters. The van der Waals surface area contributed by atoms with E-state index in [0.717, 1.165) is 0 Å². The highest BCUT2D eigenvalue weighted by molar-refractivity contribution is 5.82. The molecule has 1 aliphatic heterocycles. The summed E-state index contributed by atoms with van der Waals surface area (Å²) in [6.45, 7) is 5.14. The average Bonchev–Trinajstić information content (AvgIpc) is 2.44. The van der Waals surface area contributed by atoms with Gasteiger partial charge in [-0.15, -0.1) is 0 Å². The molecule has 0 spiro atoms. The molecule has 1 heterocycles. The minimum absolute atomic E-state index is 0.170. The van der Waals surface area contributed by atoms with Crippen LogP contribution in [0.25, 0.3) is 0 Å². The highest BCUT2D eigenvalue weighted by Crippen LogP contribution is 2.21. The van der Waals surface area contributed by atoms with E-state index < -0.39 is 36.1 Å². The molecule has 4 atom stereocenters. The number of amides is 2. The zero-order valence-electron chi connectivity index (χ0n) is 14.9. The van der Waals surface area contributed by atoms with Crippen LogP contribution in [0, 0.1) is 0 Å². The van der Waals surface area contributed by atoms with Crippen LogP contribution in [0.5, 0.6) is 0 Å². The van der Waals surface area contributed by atoms with Gasteiger partial charge in [-0.25, -0.2) is 4.79 Å². The normalized spacial score (nSPS) is 27.7. The van der Waals surface area contributed by atoms with Crippen molar-refractivity contribution in [1.82, 2.24) is 15.5 Å². The Morgan fingerprint density at radius 1 is 1.25 bits per heavy atom. The molecule has 0 radical (unpaired) electrons. The number of ether oxygens (including phenoxy) is 2. The summed E-state index contributed by atoms with van der Waals surface area (Å²) in [5, 5.41) is 24.6. The Balaban J connectivity index is 2.35. The Kier molecular flexibility index (Phi) is 7.40. The minimum Gasteiger partial charge on any atom is -0.444 e. The monoisotopic (exact) mass is 347 g/mol. The van der Waals surface area contributed by atoms with Crippen molar-refractivity contribution in [3.8, 4) is 0 Å². The lowest BCUT2D eigenvalue weighted by molar-refractivity contribution is -0.232. The third-order valence-electron chi connectivity index (χ3n) is 3.51. The maximum atomic E-state index is 11.8. The molecule has 2 amide bonds. The second kappa shape index (κ2) is 8.61. The molecular weight excluding hydrogens is 318 g/mol. The van der Waals surface area contributed by atoms with Crippen LogP contribution in [0.1, 0.15) is 27.2 Å². The van der Waals surface area contributed by atoms with E-state index in [1.54, 1.807) is 39.8 Å². The summed E-state index contributed by atoms with van der Waals surface area (Å²) >= 11 is 0. The van der Waals surface area contributed by atoms with Gasteiger partial charge in [0.2, 0.25) is 5.91 Å². The lowest BCUT2D eigenvalue weighted by Crippen LogP contribution is -2.56. The molecule has 0 aromatic rings. The Morgan fingerprint density at radius 2 is 1.88 bits per heavy atom. The summed E-state index contributed by atoms with van der Waals surface area (Å²) in [5.74, 6) is -0.397. The predicted molar refractivity (Wildman–Crippen MR) is 86.2 cm³/mol. The second-order valence-corrected chi connectivity index (χ2v) is 7.07. The highest BCUT2D eigenvalue weighted by Gasteiger charge is 2.37. The average molecular weight is 347 g/mol. The van der Waals surface area contributed by atoms with E-state index in [4.69, 9.17) is 9.47 Å². The number of aliphatic hydroxyl groups is 2. The maximum absolute atomic E-state index is 11.8. The summed E-state index contributed by atoms with van der Waals surface area (Å²) in [7, 11) is 3.60. The molecule has 1 fully saturated rings. The van der Waals surface area contributed by atoms with Gasteiger partial charge in [0.1, 0.15) is 11.7 Å². The molecule has 24 heavy (non-hydrogen) atoms. The molecule has 9 heteroatoms. The van der Waals surface area contributed by atoms with Crippen molar-refractivity contribution < 1.29 is 29.3 Å². The zero-order chi connectivity index (χ0) is 18.5. The van der Waals surface area contributed by atoms with E-state index in [2.05, 4.69) is 10.6 Å². The van der Waals surface area contributed by atoms with Gasteiger partial charge in [0, 0.05) is 12.6 Å². The van der Waals surface area contributed by atoms with E-state index in [9.17, 15) is 19.8 Å². The number of nitrogens with one attached hydrogen (secondary N) is 2. The SMILES string of the molecule is CN(C)C1C[C@@H](CNC(=O)CNC(=O)OC(C)(C)C)OC(O)C1O. The van der Waals surface area contributed by atoms with Crippen LogP contribution in [-0.4, -0.2) is 84.4 Å². The van der Waals surface area contributed by atoms with Gasteiger partial charge in [0.05, 0.1) is 12.6 Å². The molecule has 0 aliphatic carbocycles. The molecule has 1 aliphatic rings. The van der Waals surface area contributed by atoms with Gasteiger partial charge in [-0.05, 0) is 41.3 Å². The predicted octanol–water partition coefficient (Wildman–Crippen LogP) is -0.974. The molecular formula is C15H29N3O6. The van der Waals surface area contributed by atoms with E-state index in [1.807, 2.05) is 0 Å². The first-order valence-electron chi connectivity index (χ1n) is 7.91. The molecule has 0 bridgehead atoms. The van der Waals surface area contributed by atoms with E-state index in [1.165, 1.54) is 0 Å². The van der Waals surface area contributed by atoms with E-state index in [0.29, 0.717) is 6.42 Å². The molecule has 4 N–H and O–H groups in total. The summed E-state index contributed by atoms with van der Waals surface area (Å²) < 4.78 is 10.3. The van der Waals surface area contributed by atoms with Crippen LogP contribution >= 0.6 is 0 Å². The number of aliphatic hydroxyl groups excluding tert-OH is 2. The van der Waals surface area contributed by atoms with Gasteiger partial charge in [-0.2, -0.15) is 0 Å². The van der Waals surface area contributed by atoms with Crippen molar-refractivity contribution in [3.63, 3.8) is 0 Å². The lowest BCUT2D eigenvalue weighted by Gasteiger charge is -2.40. The topological polar surface area (TPSA) is 120 Å². The van der Waals surface area contributed by atoms with Crippen molar-refractivity contribution in [1.29, 1.82) is 0 Å². The van der Waals surface area contributed by atoms with Crippen LogP contribution in [-0.2, 0) is 14.3 Å². The smallest absolute Gasteiger partial charge is 0.408 e. The molecule has 1 saturated heterocycles. The number of hydrogen-bond donors (Lipinski definition) is 4. The van der Waals surface area contributed by atoms with Gasteiger partial charge in [-0.3, -0.25) is 4.79 Å².